The van der Waals surface area contributed by atoms with Crippen LogP contribution in [-0.2, 0) is 14.8 Å². The van der Waals surface area contributed by atoms with Crippen LogP contribution >= 0.6 is 11.3 Å². The minimum Gasteiger partial charge on any atom is -0.478 e. The van der Waals surface area contributed by atoms with E-state index in [2.05, 4.69) is 0 Å². The highest BCUT2D eigenvalue weighted by atomic mass is 32.2. The van der Waals surface area contributed by atoms with Crippen LogP contribution in [0.3, 0.4) is 0 Å². The van der Waals surface area contributed by atoms with Crippen molar-refractivity contribution in [3.05, 3.63) is 49.7 Å². The molecule has 29 heavy (non-hydrogen) atoms. The fourth-order valence-electron chi connectivity index (χ4n) is 2.99. The normalized spacial score (nSPS) is 15.2. The van der Waals surface area contributed by atoms with Gasteiger partial charge in [0.25, 0.3) is 0 Å². The van der Waals surface area contributed by atoms with Crippen LogP contribution < -0.4 is 4.74 Å². The first kappa shape index (κ1) is 21.4. The molecule has 2 aromatic rings. The molecule has 1 fully saturated rings. The van der Waals surface area contributed by atoms with Crippen molar-refractivity contribution in [1.82, 2.24) is 4.31 Å². The average Bonchev–Trinajstić information content (AvgIpc) is 3.04. The van der Waals surface area contributed by atoms with Crippen LogP contribution in [0.5, 0.6) is 5.75 Å². The minimum atomic E-state index is -3.88. The zero-order chi connectivity index (χ0) is 21.2. The van der Waals surface area contributed by atoms with Gasteiger partial charge in [-0.1, -0.05) is 0 Å². The van der Waals surface area contributed by atoms with Gasteiger partial charge in [-0.05, 0) is 32.0 Å². The molecule has 0 unspecified atom stereocenters. The van der Waals surface area contributed by atoms with Crippen LogP contribution in [0, 0.1) is 24.0 Å². The third-order valence-corrected chi connectivity index (χ3v) is 7.30. The molecule has 3 rings (SSSR count). The van der Waals surface area contributed by atoms with Gasteiger partial charge in [0.05, 0.1) is 23.0 Å². The number of thiophene rings is 1. The summed E-state index contributed by atoms with van der Waals surface area (Å²) in [5.74, 6) is -0.458. The molecule has 1 aliphatic rings. The topological polar surface area (TPSA) is 116 Å². The molecular formula is C18H20N2O7S2. The molecule has 0 saturated carbocycles. The highest BCUT2D eigenvalue weighted by Crippen LogP contribution is 2.31. The largest absolute Gasteiger partial charge is 0.478 e. The fourth-order valence-corrected chi connectivity index (χ4v) is 5.36. The first-order valence-corrected chi connectivity index (χ1v) is 11.0. The van der Waals surface area contributed by atoms with Crippen molar-refractivity contribution in [3.8, 4) is 5.75 Å². The van der Waals surface area contributed by atoms with Crippen molar-refractivity contribution in [2.75, 3.05) is 32.9 Å². The van der Waals surface area contributed by atoms with E-state index in [1.807, 2.05) is 13.8 Å². The molecule has 1 saturated heterocycles. The van der Waals surface area contributed by atoms with Crippen LogP contribution in [-0.4, -0.2) is 56.3 Å². The molecule has 11 heteroatoms. The van der Waals surface area contributed by atoms with Crippen molar-refractivity contribution in [3.63, 3.8) is 0 Å². The Morgan fingerprint density at radius 1 is 1.28 bits per heavy atom. The maximum absolute atomic E-state index is 12.7. The van der Waals surface area contributed by atoms with Gasteiger partial charge in [0, 0.05) is 34.5 Å². The Hall–Kier alpha value is -2.34. The molecule has 0 radical (unpaired) electrons. The zero-order valence-electron chi connectivity index (χ0n) is 15.9. The summed E-state index contributed by atoms with van der Waals surface area (Å²) in [5.41, 5.74) is 0.00650. The number of Topliss-reactive ketones (excluding diaryl/α,β-unsaturated/α-hetero) is 1. The molecule has 2 heterocycles. The van der Waals surface area contributed by atoms with Crippen LogP contribution in [0.1, 0.15) is 20.1 Å². The highest BCUT2D eigenvalue weighted by molar-refractivity contribution is 7.89. The van der Waals surface area contributed by atoms with E-state index < -0.39 is 20.6 Å². The number of carbonyl (C=O) groups excluding carboxylic acids is 1. The van der Waals surface area contributed by atoms with E-state index in [1.54, 1.807) is 6.07 Å². The van der Waals surface area contributed by atoms with E-state index in [4.69, 9.17) is 9.47 Å². The van der Waals surface area contributed by atoms with Gasteiger partial charge in [-0.25, -0.2) is 8.42 Å². The van der Waals surface area contributed by atoms with Crippen LogP contribution in [0.2, 0.25) is 0 Å². The maximum atomic E-state index is 12.7. The quantitative estimate of drug-likeness (QED) is 0.369. The molecule has 0 amide bonds. The number of morpholine rings is 1. The Morgan fingerprint density at radius 2 is 1.97 bits per heavy atom. The van der Waals surface area contributed by atoms with Crippen molar-refractivity contribution in [2.45, 2.75) is 18.7 Å². The standard InChI is InChI=1S/C18H20N2O7S2/c1-12-9-15(13(2)28-12)17(21)11-27-18-4-3-14(10-16(18)20(22)23)29(24,25)19-5-7-26-8-6-19/h3-4,9-10H,5-8,11H2,1-2H3. The van der Waals surface area contributed by atoms with Gasteiger partial charge in [-0.3, -0.25) is 14.9 Å². The summed E-state index contributed by atoms with van der Waals surface area (Å²) >= 11 is 1.48. The van der Waals surface area contributed by atoms with Crippen molar-refractivity contribution < 1.29 is 27.6 Å². The molecule has 156 valence electrons. The van der Waals surface area contributed by atoms with Gasteiger partial charge >= 0.3 is 5.69 Å². The predicted molar refractivity (Wildman–Crippen MR) is 106 cm³/mol. The smallest absolute Gasteiger partial charge is 0.312 e. The number of sulfonamides is 1. The predicted octanol–water partition coefficient (Wildman–Crippen LogP) is 2.56. The zero-order valence-corrected chi connectivity index (χ0v) is 17.5. The number of hydrogen-bond acceptors (Lipinski definition) is 8. The summed E-state index contributed by atoms with van der Waals surface area (Å²) in [6.07, 6.45) is 0. The number of nitro benzene ring substituents is 1. The molecule has 1 aromatic carbocycles. The lowest BCUT2D eigenvalue weighted by molar-refractivity contribution is -0.386. The van der Waals surface area contributed by atoms with Crippen LogP contribution in [0.4, 0.5) is 5.69 Å². The lowest BCUT2D eigenvalue weighted by Gasteiger charge is -2.26. The number of hydrogen-bond donors (Lipinski definition) is 0. The molecule has 1 aromatic heterocycles. The average molecular weight is 440 g/mol. The van der Waals surface area contributed by atoms with Gasteiger partial charge < -0.3 is 9.47 Å². The second kappa shape index (κ2) is 8.57. The lowest BCUT2D eigenvalue weighted by Crippen LogP contribution is -2.40. The molecule has 0 spiro atoms. The maximum Gasteiger partial charge on any atom is 0.312 e. The molecule has 0 aliphatic carbocycles. The highest BCUT2D eigenvalue weighted by Gasteiger charge is 2.29. The summed E-state index contributed by atoms with van der Waals surface area (Å²) in [6, 6.07) is 5.17. The van der Waals surface area contributed by atoms with E-state index in [0.29, 0.717) is 5.56 Å². The second-order valence-electron chi connectivity index (χ2n) is 6.44. The van der Waals surface area contributed by atoms with Crippen LogP contribution in [0.15, 0.2) is 29.2 Å². The number of carbonyl (C=O) groups is 1. The summed E-state index contributed by atoms with van der Waals surface area (Å²) in [4.78, 5) is 24.7. The molecule has 9 nitrogen and oxygen atoms in total. The summed E-state index contributed by atoms with van der Waals surface area (Å²) in [6.45, 7) is 4.22. The molecule has 0 N–H and O–H groups in total. The van der Waals surface area contributed by atoms with E-state index >= 15 is 0 Å². The summed E-state index contributed by atoms with van der Waals surface area (Å²) < 4.78 is 37.2. The molecule has 1 aliphatic heterocycles. The van der Waals surface area contributed by atoms with Gasteiger partial charge in [-0.15, -0.1) is 11.3 Å². The SMILES string of the molecule is Cc1cc(C(=O)COc2ccc(S(=O)(=O)N3CCOCC3)cc2[N+](=O)[O-])c(C)s1. The number of rotatable bonds is 7. The molecule has 0 atom stereocenters. The molecule has 0 bridgehead atoms. The molecular weight excluding hydrogens is 420 g/mol. The number of aryl methyl sites for hydroxylation is 2. The first-order valence-electron chi connectivity index (χ1n) is 8.79. The number of ether oxygens (including phenoxy) is 2. The number of benzene rings is 1. The number of ketones is 1. The third kappa shape index (κ3) is 4.64. The van der Waals surface area contributed by atoms with E-state index in [9.17, 15) is 23.3 Å². The Morgan fingerprint density at radius 3 is 2.55 bits per heavy atom. The second-order valence-corrected chi connectivity index (χ2v) is 9.84. The van der Waals surface area contributed by atoms with Gasteiger partial charge in [0.15, 0.2) is 12.4 Å². The third-order valence-electron chi connectivity index (χ3n) is 4.44. The number of nitrogens with zero attached hydrogens (tertiary/aromatic N) is 2. The van der Waals surface area contributed by atoms with Crippen molar-refractivity contribution in [2.24, 2.45) is 0 Å². The number of nitro groups is 1. The Kier molecular flexibility index (Phi) is 6.32. The Labute approximate surface area is 172 Å². The van der Waals surface area contributed by atoms with Crippen LogP contribution in [0.25, 0.3) is 0 Å². The van der Waals surface area contributed by atoms with Gasteiger partial charge in [0.2, 0.25) is 15.8 Å². The lowest BCUT2D eigenvalue weighted by atomic mass is 10.2. The fraction of sp³-hybridized carbons (Fsp3) is 0.389. The monoisotopic (exact) mass is 440 g/mol. The van der Waals surface area contributed by atoms with Gasteiger partial charge in [0.1, 0.15) is 0 Å². The van der Waals surface area contributed by atoms with E-state index in [-0.39, 0.29) is 49.3 Å². The summed E-state index contributed by atoms with van der Waals surface area (Å²) in [5, 5.41) is 11.5. The Bertz CT molecular complexity index is 1040. The first-order chi connectivity index (χ1) is 13.7. The summed E-state index contributed by atoms with van der Waals surface area (Å²) in [7, 11) is -3.88. The van der Waals surface area contributed by atoms with Crippen molar-refractivity contribution in [1.29, 1.82) is 0 Å². The van der Waals surface area contributed by atoms with Gasteiger partial charge in [-0.2, -0.15) is 4.31 Å². The van der Waals surface area contributed by atoms with E-state index in [0.717, 1.165) is 15.8 Å². The van der Waals surface area contributed by atoms with Crippen molar-refractivity contribution >= 4 is 32.8 Å². The van der Waals surface area contributed by atoms with E-state index in [1.165, 1.54) is 27.8 Å². The minimum absolute atomic E-state index is 0.158. The Balaban J connectivity index is 1.82.